The van der Waals surface area contributed by atoms with E-state index in [4.69, 9.17) is 0 Å². The molecule has 2 aliphatic carbocycles. The van der Waals surface area contributed by atoms with E-state index in [1.165, 1.54) is 75.5 Å². The van der Waals surface area contributed by atoms with Crippen molar-refractivity contribution in [3.8, 4) is 22.3 Å². The first-order valence-corrected chi connectivity index (χ1v) is 22.2. The average molecular weight is 807 g/mol. The van der Waals surface area contributed by atoms with Gasteiger partial charge in [-0.2, -0.15) is 0 Å². The molecule has 2 nitrogen and oxygen atoms in total. The maximum Gasteiger partial charge on any atom is 0.0726 e. The Morgan fingerprint density at radius 2 is 0.790 bits per heavy atom. The average Bonchev–Trinajstić information content (AvgIpc) is 3.96. The van der Waals surface area contributed by atoms with E-state index in [0.717, 1.165) is 34.1 Å². The van der Waals surface area contributed by atoms with Crippen molar-refractivity contribution in [1.29, 1.82) is 0 Å². The molecule has 1 heterocycles. The van der Waals surface area contributed by atoms with Gasteiger partial charge in [-0.05, 0) is 129 Å². The van der Waals surface area contributed by atoms with Crippen LogP contribution < -0.4 is 9.80 Å². The lowest BCUT2D eigenvalue weighted by Crippen LogP contribution is -2.26. The second-order valence-electron chi connectivity index (χ2n) is 16.4. The summed E-state index contributed by atoms with van der Waals surface area (Å²) < 4.78 is 2.62. The molecule has 0 aliphatic heterocycles. The standard InChI is InChI=1S/C59H38N2S/c1-4-18-39(19-5-1)60(43-33-35-57-50(37-43)46-26-14-17-31-56(46)62-57)42-32-34-53-49(36-42)44-24-12-15-29-51(44)59(53)52-30-16-13-28-48(52)58-47-27-11-10-25-45(47)55(38-54(58)59)61(40-20-6-2-7-21-40)41-22-8-3-9-23-41/h1-38H. The first kappa shape index (κ1) is 35.1. The molecule has 0 fully saturated rings. The van der Waals surface area contributed by atoms with Crippen LogP contribution in [0.3, 0.4) is 0 Å². The molecular weight excluding hydrogens is 769 g/mol. The molecule has 62 heavy (non-hydrogen) atoms. The zero-order chi connectivity index (χ0) is 40.8. The number of hydrogen-bond donors (Lipinski definition) is 0. The lowest BCUT2D eigenvalue weighted by molar-refractivity contribution is 0.794. The number of nitrogens with zero attached hydrogens (tertiary/aromatic N) is 2. The summed E-state index contributed by atoms with van der Waals surface area (Å²) in [6.45, 7) is 0. The van der Waals surface area contributed by atoms with Crippen molar-refractivity contribution in [2.45, 2.75) is 5.41 Å². The molecule has 290 valence electrons. The van der Waals surface area contributed by atoms with Gasteiger partial charge in [0.1, 0.15) is 0 Å². The van der Waals surface area contributed by atoms with E-state index in [-0.39, 0.29) is 0 Å². The van der Waals surface area contributed by atoms with Crippen molar-refractivity contribution in [3.05, 3.63) is 253 Å². The van der Waals surface area contributed by atoms with Gasteiger partial charge in [0.25, 0.3) is 0 Å². The van der Waals surface area contributed by atoms with Crippen LogP contribution in [-0.4, -0.2) is 0 Å². The minimum Gasteiger partial charge on any atom is -0.310 e. The monoisotopic (exact) mass is 806 g/mol. The summed E-state index contributed by atoms with van der Waals surface area (Å²) in [4.78, 5) is 4.87. The fourth-order valence-corrected chi connectivity index (χ4v) is 11.8. The fourth-order valence-electron chi connectivity index (χ4n) is 10.8. The molecule has 0 N–H and O–H groups in total. The maximum atomic E-state index is 2.52. The number of fused-ring (bicyclic) bond motifs is 15. The van der Waals surface area contributed by atoms with Gasteiger partial charge in [-0.25, -0.2) is 0 Å². The van der Waals surface area contributed by atoms with E-state index < -0.39 is 5.41 Å². The molecule has 0 saturated heterocycles. The van der Waals surface area contributed by atoms with Gasteiger partial charge in [-0.1, -0.05) is 152 Å². The molecule has 0 radical (unpaired) electrons. The van der Waals surface area contributed by atoms with Crippen LogP contribution in [0, 0.1) is 0 Å². The Morgan fingerprint density at radius 3 is 1.50 bits per heavy atom. The first-order valence-electron chi connectivity index (χ1n) is 21.3. The van der Waals surface area contributed by atoms with Crippen LogP contribution in [0.5, 0.6) is 0 Å². The molecule has 0 amide bonds. The Hall–Kier alpha value is -7.72. The van der Waals surface area contributed by atoms with Gasteiger partial charge in [0.2, 0.25) is 0 Å². The van der Waals surface area contributed by atoms with Crippen molar-refractivity contribution < 1.29 is 0 Å². The number of anilines is 6. The van der Waals surface area contributed by atoms with Crippen LogP contribution >= 0.6 is 11.3 Å². The normalized spacial score (nSPS) is 14.5. The quantitative estimate of drug-likeness (QED) is 0.165. The number of benzene rings is 10. The number of para-hydroxylation sites is 3. The lowest BCUT2D eigenvalue weighted by Gasteiger charge is -2.33. The Morgan fingerprint density at radius 1 is 0.290 bits per heavy atom. The zero-order valence-corrected chi connectivity index (χ0v) is 34.6. The predicted molar refractivity (Wildman–Crippen MR) is 263 cm³/mol. The van der Waals surface area contributed by atoms with E-state index in [1.54, 1.807) is 0 Å². The zero-order valence-electron chi connectivity index (χ0n) is 33.7. The van der Waals surface area contributed by atoms with Crippen LogP contribution in [0.4, 0.5) is 34.1 Å². The van der Waals surface area contributed by atoms with E-state index >= 15 is 0 Å². The van der Waals surface area contributed by atoms with Gasteiger partial charge < -0.3 is 9.80 Å². The molecule has 2 aliphatic rings. The van der Waals surface area contributed by atoms with Crippen LogP contribution in [0.1, 0.15) is 22.3 Å². The summed E-state index contributed by atoms with van der Waals surface area (Å²) >= 11 is 1.86. The highest BCUT2D eigenvalue weighted by molar-refractivity contribution is 7.25. The molecule has 11 aromatic rings. The largest absolute Gasteiger partial charge is 0.310 e. The topological polar surface area (TPSA) is 6.48 Å². The van der Waals surface area contributed by atoms with Crippen molar-refractivity contribution in [1.82, 2.24) is 0 Å². The van der Waals surface area contributed by atoms with Gasteiger partial charge in [0.05, 0.1) is 11.1 Å². The fraction of sp³-hybridized carbons (Fsp3) is 0.0169. The second-order valence-corrected chi connectivity index (χ2v) is 17.5. The smallest absolute Gasteiger partial charge is 0.0726 e. The number of thiophene rings is 1. The van der Waals surface area contributed by atoms with Crippen molar-refractivity contribution in [2.24, 2.45) is 0 Å². The Labute approximate surface area is 364 Å². The molecule has 13 rings (SSSR count). The highest BCUT2D eigenvalue weighted by atomic mass is 32.1. The molecule has 3 heteroatoms. The molecule has 1 aromatic heterocycles. The van der Waals surface area contributed by atoms with Crippen LogP contribution in [0.25, 0.3) is 53.2 Å². The van der Waals surface area contributed by atoms with Gasteiger partial charge in [-0.15, -0.1) is 11.3 Å². The minimum atomic E-state index is -0.541. The number of rotatable bonds is 6. The number of hydrogen-bond acceptors (Lipinski definition) is 3. The summed E-state index contributed by atoms with van der Waals surface area (Å²) in [5.41, 5.74) is 16.7. The van der Waals surface area contributed by atoms with Crippen molar-refractivity contribution in [2.75, 3.05) is 9.80 Å². The lowest BCUT2D eigenvalue weighted by atomic mass is 9.70. The maximum absolute atomic E-state index is 2.52. The van der Waals surface area contributed by atoms with Crippen LogP contribution in [-0.2, 0) is 5.41 Å². The third-order valence-corrected chi connectivity index (χ3v) is 14.4. The van der Waals surface area contributed by atoms with Gasteiger partial charge in [0.15, 0.2) is 0 Å². The predicted octanol–water partition coefficient (Wildman–Crippen LogP) is 16.5. The molecule has 0 saturated carbocycles. The SMILES string of the molecule is c1ccc(N(c2ccc3c(c2)-c2ccccc2C32c3ccccc3-c3c2cc(N(c2ccccc2)c2ccccc2)c2ccccc32)c2ccc3sc4ccccc4c3c2)cc1. The third-order valence-electron chi connectivity index (χ3n) is 13.2. The highest BCUT2D eigenvalue weighted by Gasteiger charge is 2.52. The summed E-state index contributed by atoms with van der Waals surface area (Å²) in [7, 11) is 0. The van der Waals surface area contributed by atoms with Crippen molar-refractivity contribution >= 4 is 76.4 Å². The summed E-state index contributed by atoms with van der Waals surface area (Å²) in [5.74, 6) is 0. The van der Waals surface area contributed by atoms with Crippen molar-refractivity contribution in [3.63, 3.8) is 0 Å². The molecule has 0 bridgehead atoms. The first-order chi connectivity index (χ1) is 30.8. The molecule has 1 spiro atoms. The second kappa shape index (κ2) is 13.7. The summed E-state index contributed by atoms with van der Waals surface area (Å²) in [6.07, 6.45) is 0. The molecule has 1 unspecified atom stereocenters. The summed E-state index contributed by atoms with van der Waals surface area (Å²) in [6, 6.07) is 85.3. The third kappa shape index (κ3) is 4.97. The van der Waals surface area contributed by atoms with E-state index in [0.29, 0.717) is 0 Å². The Kier molecular flexibility index (Phi) is 7.72. The minimum absolute atomic E-state index is 0.541. The van der Waals surface area contributed by atoms with E-state index in [9.17, 15) is 0 Å². The molecule has 10 aromatic carbocycles. The highest BCUT2D eigenvalue weighted by Crippen LogP contribution is 2.65. The van der Waals surface area contributed by atoms with E-state index in [1.807, 2.05) is 11.3 Å². The Bertz CT molecular complexity index is 3500. The Balaban J connectivity index is 1.08. The van der Waals surface area contributed by atoms with E-state index in [2.05, 4.69) is 240 Å². The van der Waals surface area contributed by atoms with Gasteiger partial charge in [0, 0.05) is 54.0 Å². The van der Waals surface area contributed by atoms with Crippen LogP contribution in [0.15, 0.2) is 231 Å². The van der Waals surface area contributed by atoms with Gasteiger partial charge >= 0.3 is 0 Å². The molecular formula is C59H38N2S. The van der Waals surface area contributed by atoms with Gasteiger partial charge in [-0.3, -0.25) is 0 Å². The summed E-state index contributed by atoms with van der Waals surface area (Å²) in [5, 5.41) is 5.07. The molecule has 1 atom stereocenters. The van der Waals surface area contributed by atoms with Crippen LogP contribution in [0.2, 0.25) is 0 Å².